The molecule has 0 radical (unpaired) electrons. The second-order valence-corrected chi connectivity index (χ2v) is 8.13. The van der Waals surface area contributed by atoms with Crippen LogP contribution in [0, 0.1) is 11.3 Å². The van der Waals surface area contributed by atoms with Gasteiger partial charge >= 0.3 is 5.97 Å². The highest BCUT2D eigenvalue weighted by Gasteiger charge is 2.25. The third-order valence-electron chi connectivity index (χ3n) is 4.46. The number of nitrogens with one attached hydrogen (secondary N) is 1. The molecule has 0 saturated carbocycles. The number of nitrogens with zero attached hydrogens (tertiary/aromatic N) is 2. The van der Waals surface area contributed by atoms with E-state index in [4.69, 9.17) is 21.6 Å². The van der Waals surface area contributed by atoms with Gasteiger partial charge in [0.15, 0.2) is 6.61 Å². The smallest absolute Gasteiger partial charge is 0.329 e. The molecule has 2 aromatic rings. The zero-order valence-corrected chi connectivity index (χ0v) is 19.2. The first-order chi connectivity index (χ1) is 15.5. The van der Waals surface area contributed by atoms with Crippen LogP contribution in [0.2, 0.25) is 5.02 Å². The molecule has 0 spiro atoms. The number of ether oxygens (including phenoxy) is 1. The molecule has 0 aliphatic rings. The number of para-hydroxylation sites is 1. The summed E-state index contributed by atoms with van der Waals surface area (Å²) in [4.78, 5) is 39.3. The minimum Gasteiger partial charge on any atom is -0.454 e. The minimum atomic E-state index is -0.900. The molecule has 1 atom stereocenters. The summed E-state index contributed by atoms with van der Waals surface area (Å²) < 4.78 is 5.24. The SMILES string of the molecule is CSCC[C@H](NC(=O)c1ccc(Cl)cc1)C(=O)OCC(=O)N(CCC#N)c1ccccc1. The number of thioether (sulfide) groups is 1. The van der Waals surface area contributed by atoms with Crippen LogP contribution >= 0.6 is 23.4 Å². The minimum absolute atomic E-state index is 0.141. The van der Waals surface area contributed by atoms with Crippen LogP contribution in [0.4, 0.5) is 5.69 Å². The Morgan fingerprint density at radius 3 is 2.47 bits per heavy atom. The summed E-state index contributed by atoms with van der Waals surface area (Å²) in [6, 6.07) is 16.3. The summed E-state index contributed by atoms with van der Waals surface area (Å²) in [6.45, 7) is -0.314. The number of rotatable bonds is 11. The normalized spacial score (nSPS) is 11.2. The average molecular weight is 474 g/mol. The van der Waals surface area contributed by atoms with Crippen LogP contribution in [-0.2, 0) is 14.3 Å². The average Bonchev–Trinajstić information content (AvgIpc) is 2.81. The van der Waals surface area contributed by atoms with E-state index in [0.29, 0.717) is 28.4 Å². The number of amides is 2. The van der Waals surface area contributed by atoms with Crippen LogP contribution in [0.3, 0.4) is 0 Å². The van der Waals surface area contributed by atoms with Gasteiger partial charge in [-0.05, 0) is 54.8 Å². The molecule has 0 aliphatic heterocycles. The van der Waals surface area contributed by atoms with Gasteiger partial charge in [-0.2, -0.15) is 17.0 Å². The summed E-state index contributed by atoms with van der Waals surface area (Å²) in [5.74, 6) is -0.959. The molecular formula is C23H24ClN3O4S. The number of carbonyl (C=O) groups excluding carboxylic acids is 3. The summed E-state index contributed by atoms with van der Waals surface area (Å²) in [5.41, 5.74) is 0.970. The fraction of sp³-hybridized carbons (Fsp3) is 0.304. The molecule has 2 rings (SSSR count). The molecule has 168 valence electrons. The number of halogens is 1. The first kappa shape index (κ1) is 25.2. The van der Waals surface area contributed by atoms with Gasteiger partial charge in [0, 0.05) is 22.8 Å². The molecule has 0 aromatic heterocycles. The number of hydrogen-bond donors (Lipinski definition) is 1. The van der Waals surface area contributed by atoms with Gasteiger partial charge in [0.25, 0.3) is 11.8 Å². The van der Waals surface area contributed by atoms with Crippen LogP contribution in [0.15, 0.2) is 54.6 Å². The van der Waals surface area contributed by atoms with E-state index in [1.54, 1.807) is 48.5 Å². The number of carbonyl (C=O) groups is 3. The molecule has 7 nitrogen and oxygen atoms in total. The number of hydrogen-bond acceptors (Lipinski definition) is 6. The number of anilines is 1. The van der Waals surface area contributed by atoms with Crippen molar-refractivity contribution in [3.63, 3.8) is 0 Å². The Morgan fingerprint density at radius 1 is 1.16 bits per heavy atom. The fourth-order valence-corrected chi connectivity index (χ4v) is 3.40. The van der Waals surface area contributed by atoms with Crippen molar-refractivity contribution in [1.29, 1.82) is 5.26 Å². The van der Waals surface area contributed by atoms with Gasteiger partial charge in [-0.3, -0.25) is 9.59 Å². The first-order valence-corrected chi connectivity index (χ1v) is 11.7. The summed E-state index contributed by atoms with van der Waals surface area (Å²) in [6.07, 6.45) is 2.38. The molecule has 0 saturated heterocycles. The lowest BCUT2D eigenvalue weighted by Crippen LogP contribution is -2.44. The molecule has 0 bridgehead atoms. The molecule has 2 amide bonds. The van der Waals surface area contributed by atoms with Crippen LogP contribution in [0.5, 0.6) is 0 Å². The highest BCUT2D eigenvalue weighted by atomic mass is 35.5. The lowest BCUT2D eigenvalue weighted by atomic mass is 10.1. The first-order valence-electron chi connectivity index (χ1n) is 9.90. The maximum Gasteiger partial charge on any atom is 0.329 e. The molecule has 2 aromatic carbocycles. The van der Waals surface area contributed by atoms with E-state index in [1.807, 2.05) is 18.4 Å². The van der Waals surface area contributed by atoms with Gasteiger partial charge in [0.1, 0.15) is 6.04 Å². The van der Waals surface area contributed by atoms with Crippen molar-refractivity contribution in [2.24, 2.45) is 0 Å². The molecule has 0 unspecified atom stereocenters. The number of nitriles is 1. The third-order valence-corrected chi connectivity index (χ3v) is 5.36. The van der Waals surface area contributed by atoms with Gasteiger partial charge in [0.2, 0.25) is 0 Å². The van der Waals surface area contributed by atoms with E-state index < -0.39 is 30.4 Å². The Bertz CT molecular complexity index is 948. The van der Waals surface area contributed by atoms with Crippen LogP contribution in [-0.4, -0.2) is 49.0 Å². The quantitative estimate of drug-likeness (QED) is 0.500. The molecule has 32 heavy (non-hydrogen) atoms. The third kappa shape index (κ3) is 7.91. The van der Waals surface area contributed by atoms with Crippen molar-refractivity contribution in [3.05, 3.63) is 65.2 Å². The molecule has 9 heteroatoms. The Hall–Kier alpha value is -3.02. The van der Waals surface area contributed by atoms with Gasteiger partial charge < -0.3 is 15.0 Å². The van der Waals surface area contributed by atoms with E-state index in [0.717, 1.165) is 0 Å². The lowest BCUT2D eigenvalue weighted by Gasteiger charge is -2.22. The number of benzene rings is 2. The maximum atomic E-state index is 12.7. The van der Waals surface area contributed by atoms with Crippen molar-refractivity contribution >= 4 is 46.8 Å². The van der Waals surface area contributed by atoms with E-state index in [2.05, 4.69) is 5.32 Å². The van der Waals surface area contributed by atoms with Gasteiger partial charge in [-0.15, -0.1) is 0 Å². The van der Waals surface area contributed by atoms with Crippen molar-refractivity contribution in [2.45, 2.75) is 18.9 Å². The molecule has 0 fully saturated rings. The molecular weight excluding hydrogens is 450 g/mol. The second-order valence-electron chi connectivity index (χ2n) is 6.71. The van der Waals surface area contributed by atoms with Crippen LogP contribution in [0.25, 0.3) is 0 Å². The zero-order valence-electron chi connectivity index (χ0n) is 17.6. The van der Waals surface area contributed by atoms with Crippen LogP contribution < -0.4 is 10.2 Å². The Kier molecular flexibility index (Phi) is 10.6. The topological polar surface area (TPSA) is 99.5 Å². The van der Waals surface area contributed by atoms with Crippen molar-refractivity contribution in [3.8, 4) is 6.07 Å². The van der Waals surface area contributed by atoms with Crippen molar-refractivity contribution in [1.82, 2.24) is 5.32 Å². The Balaban J connectivity index is 2.02. The molecule has 0 heterocycles. The highest BCUT2D eigenvalue weighted by Crippen LogP contribution is 2.15. The van der Waals surface area contributed by atoms with Gasteiger partial charge in [-0.25, -0.2) is 4.79 Å². The van der Waals surface area contributed by atoms with Gasteiger partial charge in [-0.1, -0.05) is 29.8 Å². The molecule has 0 aliphatic carbocycles. The Morgan fingerprint density at radius 2 is 1.84 bits per heavy atom. The monoisotopic (exact) mass is 473 g/mol. The fourth-order valence-electron chi connectivity index (χ4n) is 2.81. The zero-order chi connectivity index (χ0) is 23.3. The van der Waals surface area contributed by atoms with E-state index >= 15 is 0 Å². The van der Waals surface area contributed by atoms with Gasteiger partial charge in [0.05, 0.1) is 12.5 Å². The largest absolute Gasteiger partial charge is 0.454 e. The van der Waals surface area contributed by atoms with E-state index in [9.17, 15) is 14.4 Å². The van der Waals surface area contributed by atoms with E-state index in [-0.39, 0.29) is 13.0 Å². The van der Waals surface area contributed by atoms with Crippen molar-refractivity contribution < 1.29 is 19.1 Å². The Labute approximate surface area is 196 Å². The predicted octanol–water partition coefficient (Wildman–Crippen LogP) is 3.68. The summed E-state index contributed by atoms with van der Waals surface area (Å²) in [7, 11) is 0. The molecule has 1 N–H and O–H groups in total. The highest BCUT2D eigenvalue weighted by molar-refractivity contribution is 7.98. The standard InChI is InChI=1S/C23H24ClN3O4S/c1-32-15-12-20(26-22(29)17-8-10-18(24)11-9-17)23(30)31-16-21(28)27(14-5-13-25)19-6-3-2-4-7-19/h2-4,6-11,20H,5,12,14-16H2,1H3,(H,26,29)/t20-/m0/s1. The van der Waals surface area contributed by atoms with Crippen molar-refractivity contribution in [2.75, 3.05) is 30.1 Å². The van der Waals surface area contributed by atoms with Crippen LogP contribution in [0.1, 0.15) is 23.2 Å². The predicted molar refractivity (Wildman–Crippen MR) is 126 cm³/mol. The second kappa shape index (κ2) is 13.4. The maximum absolute atomic E-state index is 12.7. The number of esters is 1. The lowest BCUT2D eigenvalue weighted by molar-refractivity contribution is -0.149. The summed E-state index contributed by atoms with van der Waals surface area (Å²) >= 11 is 7.38. The summed E-state index contributed by atoms with van der Waals surface area (Å²) in [5, 5.41) is 12.1. The van der Waals surface area contributed by atoms with E-state index in [1.165, 1.54) is 16.7 Å².